The topological polar surface area (TPSA) is 401 Å². The first-order valence-electron chi connectivity index (χ1n) is 22.3. The van der Waals surface area contributed by atoms with Crippen molar-refractivity contribution in [1.82, 2.24) is 30.2 Å². The molecule has 29 heteroatoms. The summed E-state index contributed by atoms with van der Waals surface area (Å²) < 4.78 is 62.6. The molecule has 3 heterocycles. The van der Waals surface area contributed by atoms with Gasteiger partial charge < -0.3 is 56.0 Å². The molecule has 11 N–H and O–H groups in total. The minimum atomic E-state index is -5.60. The number of carboxylic acids is 1. The Bertz CT molecular complexity index is 2500. The molecule has 7 unspecified atom stereocenters. The van der Waals surface area contributed by atoms with Gasteiger partial charge in [-0.2, -0.15) is 4.31 Å². The molecule has 1 aromatic carbocycles. The number of carbonyl (C=O) groups excluding carboxylic acids is 3. The summed E-state index contributed by atoms with van der Waals surface area (Å²) in [6.45, 7) is 3.75. The number of aryl methyl sites for hydroxylation is 2. The van der Waals surface area contributed by atoms with Crippen LogP contribution >= 0.6 is 23.5 Å². The van der Waals surface area contributed by atoms with Crippen molar-refractivity contribution in [1.29, 1.82) is 0 Å². The highest BCUT2D eigenvalue weighted by Crippen LogP contribution is 2.61. The molecule has 2 aromatic heterocycles. The molecule has 1 saturated carbocycles. The average Bonchev–Trinajstić information content (AvgIpc) is 3.84. The van der Waals surface area contributed by atoms with Crippen LogP contribution in [0, 0.1) is 16.2 Å². The van der Waals surface area contributed by atoms with Gasteiger partial charge in [0.25, 0.3) is 0 Å². The van der Waals surface area contributed by atoms with Crippen LogP contribution in [0.5, 0.6) is 0 Å². The number of nitrogens with two attached hydrogens (primary N) is 1. The minimum absolute atomic E-state index is 0.0241. The van der Waals surface area contributed by atoms with Gasteiger partial charge in [0.2, 0.25) is 11.8 Å². The molecular formula is C41H62N7O19P3. The van der Waals surface area contributed by atoms with Crippen LogP contribution in [-0.4, -0.2) is 129 Å². The summed E-state index contributed by atoms with van der Waals surface area (Å²) in [7, 11) is -16.5. The molecule has 26 nitrogen and oxygen atoms in total. The van der Waals surface area contributed by atoms with E-state index < -0.39 is 101 Å². The summed E-state index contributed by atoms with van der Waals surface area (Å²) in [5, 5.41) is 36.1. The molecule has 0 spiro atoms. The van der Waals surface area contributed by atoms with E-state index in [4.69, 9.17) is 19.5 Å². The molecule has 1 saturated heterocycles. The second kappa shape index (κ2) is 23.2. The van der Waals surface area contributed by atoms with Crippen molar-refractivity contribution in [3.63, 3.8) is 0 Å². The zero-order valence-electron chi connectivity index (χ0n) is 39.0. The number of anilines is 1. The summed E-state index contributed by atoms with van der Waals surface area (Å²) >= 11 is 0. The summed E-state index contributed by atoms with van der Waals surface area (Å²) in [5.41, 5.74) is 5.38. The Hall–Kier alpha value is -4.10. The van der Waals surface area contributed by atoms with Gasteiger partial charge in [-0.1, -0.05) is 38.1 Å². The van der Waals surface area contributed by atoms with Gasteiger partial charge in [-0.3, -0.25) is 37.3 Å². The zero-order chi connectivity index (χ0) is 51.9. The fourth-order valence-corrected chi connectivity index (χ4v) is 10.7. The number of nitrogen functional groups attached to an aromatic ring is 1. The fraction of sp³-hybridized carbons (Fsp3) is 0.634. The van der Waals surface area contributed by atoms with E-state index in [1.54, 1.807) is 13.8 Å². The van der Waals surface area contributed by atoms with E-state index in [1.165, 1.54) is 25.0 Å². The molecule has 5 rings (SSSR count). The van der Waals surface area contributed by atoms with Crippen molar-refractivity contribution in [2.75, 3.05) is 32.0 Å². The lowest BCUT2D eigenvalue weighted by Gasteiger charge is -2.30. The number of aliphatic hydroxyl groups is 2. The van der Waals surface area contributed by atoms with E-state index in [0.717, 1.165) is 55.7 Å². The van der Waals surface area contributed by atoms with Gasteiger partial charge in [0, 0.05) is 36.8 Å². The standard InChI is InChI=1S/C41H62N7O19P3/c1-39(2,38(54)55)15-7-11-25-9-5-6-10-26(25)12-8-16-41(17-18-41)28(49)13-19-43-29(50)14-20-44-36(53)33(52)40(3,4)22-64-70(61,62)67-69(59,60)63-21-27-32(66-68(56,57)58)31(51)37(65-27)48-24-47-30-34(42)45-23-46-35(30)48/h5-6,9-10,23-24,27,31-33,37,51-52H,7-8,11-22H2,1-4H3,(H,43,50)(H,44,53)(H,54,55)(H,59,60)(H,61,62)(H2,42,45,46)(H2,56,57,58). The SMILES string of the molecule is CC(C)(CCCc1ccccc1CCCC1(C(=O)CCNC(=O)CCNC(=O)C(O)C(C)(C)COP(=O)(O)OP(=O)(O)OCC2OC(n3cnc4c(N)ncnc43)C(O)C2OP(=O)(O)O)CC1)C(=O)O. The number of aromatic nitrogens is 4. The number of phosphoric acid groups is 3. The van der Waals surface area contributed by atoms with Crippen LogP contribution in [-0.2, 0) is 68.3 Å². The third-order valence-electron chi connectivity index (χ3n) is 12.2. The van der Waals surface area contributed by atoms with Crippen molar-refractivity contribution >= 4 is 64.0 Å². The Morgan fingerprint density at radius 3 is 2.19 bits per heavy atom. The maximum Gasteiger partial charge on any atom is 0.481 e. The number of aliphatic carboxylic acids is 1. The maximum absolute atomic E-state index is 13.2. The molecule has 7 atom stereocenters. The zero-order valence-corrected chi connectivity index (χ0v) is 41.7. The number of hydrogen-bond acceptors (Lipinski definition) is 18. The Morgan fingerprint density at radius 1 is 0.929 bits per heavy atom. The Kier molecular flexibility index (Phi) is 18.8. The minimum Gasteiger partial charge on any atom is -0.481 e. The number of carboxylic acid groups (broad SMARTS) is 1. The lowest BCUT2D eigenvalue weighted by molar-refractivity contribution is -0.147. The first kappa shape index (κ1) is 56.8. The number of rotatable bonds is 29. The van der Waals surface area contributed by atoms with Gasteiger partial charge in [0.1, 0.15) is 42.0 Å². The highest BCUT2D eigenvalue weighted by Gasteiger charge is 2.51. The second-order valence-corrected chi connectivity index (χ2v) is 22.9. The molecule has 390 valence electrons. The predicted molar refractivity (Wildman–Crippen MR) is 245 cm³/mol. The van der Waals surface area contributed by atoms with E-state index in [0.29, 0.717) is 12.8 Å². The molecular weight excluding hydrogens is 987 g/mol. The summed E-state index contributed by atoms with van der Waals surface area (Å²) in [5.74, 6) is -2.28. The normalized spacial score (nSPS) is 21.4. The average molecular weight is 1050 g/mol. The molecule has 1 aliphatic heterocycles. The number of aliphatic hydroxyl groups excluding tert-OH is 2. The van der Waals surface area contributed by atoms with E-state index in [2.05, 4.69) is 46.6 Å². The van der Waals surface area contributed by atoms with Crippen molar-refractivity contribution in [3.8, 4) is 0 Å². The molecule has 1 aliphatic carbocycles. The largest absolute Gasteiger partial charge is 0.481 e. The monoisotopic (exact) mass is 1050 g/mol. The molecule has 2 aliphatic rings. The molecule has 3 aromatic rings. The smallest absolute Gasteiger partial charge is 0.481 e. The third kappa shape index (κ3) is 15.7. The summed E-state index contributed by atoms with van der Waals surface area (Å²) in [6.07, 6.45) is -1.02. The van der Waals surface area contributed by atoms with Gasteiger partial charge in [0.05, 0.1) is 25.0 Å². The molecule has 0 radical (unpaired) electrons. The number of carbonyl (C=O) groups is 4. The van der Waals surface area contributed by atoms with Crippen LogP contribution in [0.25, 0.3) is 11.2 Å². The van der Waals surface area contributed by atoms with Crippen LogP contribution in [0.15, 0.2) is 36.9 Å². The number of benzene rings is 1. The number of Topliss-reactive ketones (excluding diaryl/α,β-unsaturated/α-hetero) is 1. The van der Waals surface area contributed by atoms with Gasteiger partial charge in [-0.15, -0.1) is 0 Å². The first-order chi connectivity index (χ1) is 32.6. The van der Waals surface area contributed by atoms with Gasteiger partial charge in [-0.05, 0) is 76.3 Å². The quantitative estimate of drug-likeness (QED) is 0.0447. The number of fused-ring (bicyclic) bond motifs is 1. The number of amides is 2. The number of hydrogen-bond donors (Lipinski definition) is 10. The summed E-state index contributed by atoms with van der Waals surface area (Å²) in [6, 6.07) is 8.05. The van der Waals surface area contributed by atoms with Crippen LogP contribution in [0.2, 0.25) is 0 Å². The number of imidazole rings is 1. The third-order valence-corrected chi connectivity index (χ3v) is 15.3. The van der Waals surface area contributed by atoms with E-state index in [9.17, 15) is 67.8 Å². The molecule has 0 bridgehead atoms. The van der Waals surface area contributed by atoms with Crippen molar-refractivity contribution < 1.29 is 90.4 Å². The van der Waals surface area contributed by atoms with E-state index >= 15 is 0 Å². The maximum atomic E-state index is 13.2. The molecule has 2 amide bonds. The van der Waals surface area contributed by atoms with Crippen LogP contribution in [0.4, 0.5) is 5.82 Å². The number of phosphoric ester groups is 3. The number of ketones is 1. The van der Waals surface area contributed by atoms with E-state index in [-0.39, 0.29) is 48.7 Å². The lowest BCUT2D eigenvalue weighted by Crippen LogP contribution is -2.46. The van der Waals surface area contributed by atoms with Crippen LogP contribution < -0.4 is 16.4 Å². The van der Waals surface area contributed by atoms with Crippen LogP contribution in [0.3, 0.4) is 0 Å². The highest BCUT2D eigenvalue weighted by molar-refractivity contribution is 7.61. The van der Waals surface area contributed by atoms with Crippen molar-refractivity contribution in [3.05, 3.63) is 48.0 Å². The first-order valence-corrected chi connectivity index (χ1v) is 26.8. The van der Waals surface area contributed by atoms with Crippen molar-refractivity contribution in [2.45, 2.75) is 123 Å². The van der Waals surface area contributed by atoms with Gasteiger partial charge >= 0.3 is 29.4 Å². The Labute approximate surface area is 402 Å². The van der Waals surface area contributed by atoms with Crippen LogP contribution in [0.1, 0.15) is 96.4 Å². The lowest BCUT2D eigenvalue weighted by atomic mass is 9.85. The number of ether oxygens (including phenoxy) is 1. The van der Waals surface area contributed by atoms with Gasteiger partial charge in [0.15, 0.2) is 17.7 Å². The number of nitrogens with one attached hydrogen (secondary N) is 2. The second-order valence-electron chi connectivity index (χ2n) is 18.7. The molecule has 70 heavy (non-hydrogen) atoms. The Balaban J connectivity index is 1.00. The fourth-order valence-electron chi connectivity index (χ4n) is 7.83. The van der Waals surface area contributed by atoms with Crippen molar-refractivity contribution in [2.24, 2.45) is 16.2 Å². The Morgan fingerprint density at radius 2 is 1.56 bits per heavy atom. The number of nitrogens with zero attached hydrogens (tertiary/aromatic N) is 4. The highest BCUT2D eigenvalue weighted by atomic mass is 31.3. The van der Waals surface area contributed by atoms with E-state index in [1.807, 2.05) is 12.1 Å². The predicted octanol–water partition coefficient (Wildman–Crippen LogP) is 2.60. The summed E-state index contributed by atoms with van der Waals surface area (Å²) in [4.78, 5) is 101. The van der Waals surface area contributed by atoms with Gasteiger partial charge in [-0.25, -0.2) is 28.6 Å². The molecule has 2 fully saturated rings.